The van der Waals surface area contributed by atoms with Crippen molar-refractivity contribution < 1.29 is 4.42 Å². The zero-order valence-electron chi connectivity index (χ0n) is 9.57. The van der Waals surface area contributed by atoms with Crippen LogP contribution in [0, 0.1) is 5.92 Å². The molecule has 0 amide bonds. The van der Waals surface area contributed by atoms with Gasteiger partial charge in [0.05, 0.1) is 12.8 Å². The molecule has 0 spiro atoms. The minimum absolute atomic E-state index is 0.196. The Morgan fingerprint density at radius 3 is 2.93 bits per heavy atom. The second-order valence-electron chi connectivity index (χ2n) is 4.88. The van der Waals surface area contributed by atoms with E-state index in [0.29, 0.717) is 5.92 Å². The van der Waals surface area contributed by atoms with E-state index in [4.69, 9.17) is 10.2 Å². The van der Waals surface area contributed by atoms with E-state index in [2.05, 4.69) is 18.7 Å². The van der Waals surface area contributed by atoms with Gasteiger partial charge in [-0.1, -0.05) is 0 Å². The van der Waals surface area contributed by atoms with Crippen LogP contribution in [0.4, 0.5) is 0 Å². The Morgan fingerprint density at radius 1 is 1.60 bits per heavy atom. The van der Waals surface area contributed by atoms with Gasteiger partial charge in [0, 0.05) is 5.54 Å². The van der Waals surface area contributed by atoms with Crippen LogP contribution in [0.25, 0.3) is 0 Å². The highest BCUT2D eigenvalue weighted by atomic mass is 16.3. The Labute approximate surface area is 91.2 Å². The molecule has 1 aromatic heterocycles. The molecule has 1 aliphatic heterocycles. The predicted octanol–water partition coefficient (Wildman–Crippen LogP) is 1.84. The lowest BCUT2D eigenvalue weighted by Crippen LogP contribution is -2.44. The van der Waals surface area contributed by atoms with Crippen molar-refractivity contribution in [1.82, 2.24) is 4.90 Å². The molecule has 1 aliphatic rings. The highest BCUT2D eigenvalue weighted by molar-refractivity contribution is 5.02. The van der Waals surface area contributed by atoms with Crippen LogP contribution in [-0.2, 0) is 6.54 Å². The van der Waals surface area contributed by atoms with Gasteiger partial charge in [0.15, 0.2) is 0 Å². The first-order valence-corrected chi connectivity index (χ1v) is 5.62. The third-order valence-electron chi connectivity index (χ3n) is 3.77. The van der Waals surface area contributed by atoms with E-state index in [1.165, 1.54) is 6.42 Å². The first-order chi connectivity index (χ1) is 7.14. The third-order valence-corrected chi connectivity index (χ3v) is 3.77. The summed E-state index contributed by atoms with van der Waals surface area (Å²) >= 11 is 0. The SMILES string of the molecule is CC1(C)C(CN)CCN1Cc1ccco1. The van der Waals surface area contributed by atoms with E-state index in [1.54, 1.807) is 6.26 Å². The second kappa shape index (κ2) is 3.99. The van der Waals surface area contributed by atoms with E-state index in [-0.39, 0.29) is 5.54 Å². The van der Waals surface area contributed by atoms with E-state index >= 15 is 0 Å². The van der Waals surface area contributed by atoms with Crippen molar-refractivity contribution in [2.45, 2.75) is 32.4 Å². The van der Waals surface area contributed by atoms with E-state index < -0.39 is 0 Å². The zero-order valence-corrected chi connectivity index (χ0v) is 9.57. The lowest BCUT2D eigenvalue weighted by molar-refractivity contribution is 0.124. The third kappa shape index (κ3) is 1.94. The molecule has 1 aromatic rings. The molecule has 84 valence electrons. The molecule has 2 heterocycles. The van der Waals surface area contributed by atoms with E-state index in [9.17, 15) is 0 Å². The van der Waals surface area contributed by atoms with Crippen molar-refractivity contribution in [2.75, 3.05) is 13.1 Å². The molecule has 0 radical (unpaired) electrons. The maximum Gasteiger partial charge on any atom is 0.117 e. The Balaban J connectivity index is 2.05. The smallest absolute Gasteiger partial charge is 0.117 e. The van der Waals surface area contributed by atoms with E-state index in [0.717, 1.165) is 25.4 Å². The first-order valence-electron chi connectivity index (χ1n) is 5.62. The standard InChI is InChI=1S/C12H20N2O/c1-12(2)10(8-13)5-6-14(12)9-11-4-3-7-15-11/h3-4,7,10H,5-6,8-9,13H2,1-2H3. The van der Waals surface area contributed by atoms with Crippen molar-refractivity contribution in [2.24, 2.45) is 11.7 Å². The maximum atomic E-state index is 5.79. The predicted molar refractivity (Wildman–Crippen MR) is 60.4 cm³/mol. The minimum Gasteiger partial charge on any atom is -0.468 e. The van der Waals surface area contributed by atoms with E-state index in [1.807, 2.05) is 12.1 Å². The molecule has 15 heavy (non-hydrogen) atoms. The second-order valence-corrected chi connectivity index (χ2v) is 4.88. The number of nitrogens with zero attached hydrogens (tertiary/aromatic N) is 1. The van der Waals surface area contributed by atoms with Crippen LogP contribution in [0.2, 0.25) is 0 Å². The Morgan fingerprint density at radius 2 is 2.40 bits per heavy atom. The number of rotatable bonds is 3. The molecule has 3 heteroatoms. The average molecular weight is 208 g/mol. The van der Waals surface area contributed by atoms with Gasteiger partial charge < -0.3 is 10.2 Å². The summed E-state index contributed by atoms with van der Waals surface area (Å²) in [5, 5.41) is 0. The maximum absolute atomic E-state index is 5.79. The summed E-state index contributed by atoms with van der Waals surface area (Å²) in [6.45, 7) is 7.36. The number of furan rings is 1. The molecular weight excluding hydrogens is 188 g/mol. The molecule has 2 N–H and O–H groups in total. The van der Waals surface area contributed by atoms with Gasteiger partial charge >= 0.3 is 0 Å². The van der Waals surface area contributed by atoms with Gasteiger partial charge in [-0.05, 0) is 51.4 Å². The van der Waals surface area contributed by atoms with Crippen LogP contribution in [0.1, 0.15) is 26.0 Å². The summed E-state index contributed by atoms with van der Waals surface area (Å²) < 4.78 is 5.38. The summed E-state index contributed by atoms with van der Waals surface area (Å²) in [6.07, 6.45) is 2.93. The number of nitrogens with two attached hydrogens (primary N) is 1. The highest BCUT2D eigenvalue weighted by Crippen LogP contribution is 2.34. The van der Waals surface area contributed by atoms with Crippen molar-refractivity contribution in [3.8, 4) is 0 Å². The van der Waals surface area contributed by atoms with Gasteiger partial charge in [0.1, 0.15) is 5.76 Å². The fourth-order valence-corrected chi connectivity index (χ4v) is 2.49. The van der Waals surface area contributed by atoms with Crippen LogP contribution in [-0.4, -0.2) is 23.5 Å². The monoisotopic (exact) mass is 208 g/mol. The zero-order chi connectivity index (χ0) is 10.9. The van der Waals surface area contributed by atoms with Crippen LogP contribution < -0.4 is 5.73 Å². The first kappa shape index (κ1) is 10.7. The lowest BCUT2D eigenvalue weighted by atomic mass is 9.88. The largest absolute Gasteiger partial charge is 0.468 e. The quantitative estimate of drug-likeness (QED) is 0.824. The van der Waals surface area contributed by atoms with Gasteiger partial charge in [-0.15, -0.1) is 0 Å². The average Bonchev–Trinajstić information content (AvgIpc) is 2.77. The number of hydrogen-bond donors (Lipinski definition) is 1. The van der Waals surface area contributed by atoms with Crippen LogP contribution in [0.3, 0.4) is 0 Å². The molecular formula is C12H20N2O. The van der Waals surface area contributed by atoms with Gasteiger partial charge in [0.25, 0.3) is 0 Å². The molecule has 0 aromatic carbocycles. The van der Waals surface area contributed by atoms with Crippen LogP contribution >= 0.6 is 0 Å². The van der Waals surface area contributed by atoms with Gasteiger partial charge in [-0.2, -0.15) is 0 Å². The van der Waals surface area contributed by atoms with Gasteiger partial charge in [0.2, 0.25) is 0 Å². The molecule has 0 bridgehead atoms. The molecule has 2 rings (SSSR count). The van der Waals surface area contributed by atoms with Crippen molar-refractivity contribution in [3.05, 3.63) is 24.2 Å². The van der Waals surface area contributed by atoms with Crippen LogP contribution in [0.15, 0.2) is 22.8 Å². The topological polar surface area (TPSA) is 42.4 Å². The number of hydrogen-bond acceptors (Lipinski definition) is 3. The summed E-state index contributed by atoms with van der Waals surface area (Å²) in [6, 6.07) is 3.98. The Kier molecular flexibility index (Phi) is 2.85. The summed E-state index contributed by atoms with van der Waals surface area (Å²) in [4.78, 5) is 2.46. The fraction of sp³-hybridized carbons (Fsp3) is 0.667. The molecule has 1 atom stereocenters. The Bertz CT molecular complexity index is 305. The minimum atomic E-state index is 0.196. The summed E-state index contributed by atoms with van der Waals surface area (Å²) in [5.41, 5.74) is 5.99. The molecule has 1 fully saturated rings. The van der Waals surface area contributed by atoms with Crippen LogP contribution in [0.5, 0.6) is 0 Å². The molecule has 1 unspecified atom stereocenters. The summed E-state index contributed by atoms with van der Waals surface area (Å²) in [5.74, 6) is 1.65. The normalized spacial score (nSPS) is 25.9. The fourth-order valence-electron chi connectivity index (χ4n) is 2.49. The lowest BCUT2D eigenvalue weighted by Gasteiger charge is -2.35. The van der Waals surface area contributed by atoms with Gasteiger partial charge in [-0.3, -0.25) is 4.90 Å². The Hall–Kier alpha value is -0.800. The molecule has 0 aliphatic carbocycles. The van der Waals surface area contributed by atoms with Crippen molar-refractivity contribution >= 4 is 0 Å². The molecule has 1 saturated heterocycles. The van der Waals surface area contributed by atoms with Gasteiger partial charge in [-0.25, -0.2) is 0 Å². The molecule has 3 nitrogen and oxygen atoms in total. The summed E-state index contributed by atoms with van der Waals surface area (Å²) in [7, 11) is 0. The number of likely N-dealkylation sites (tertiary alicyclic amines) is 1. The molecule has 0 saturated carbocycles. The highest BCUT2D eigenvalue weighted by Gasteiger charge is 2.40. The van der Waals surface area contributed by atoms with Crippen molar-refractivity contribution in [1.29, 1.82) is 0 Å². The van der Waals surface area contributed by atoms with Crippen molar-refractivity contribution in [3.63, 3.8) is 0 Å².